The van der Waals surface area contributed by atoms with Crippen LogP contribution in [0, 0.1) is 12.7 Å². The third-order valence-corrected chi connectivity index (χ3v) is 4.16. The number of benzene rings is 2. The first-order valence-electron chi connectivity index (χ1n) is 8.26. The minimum atomic E-state index is -0.291. The summed E-state index contributed by atoms with van der Waals surface area (Å²) >= 11 is 5.97. The van der Waals surface area contributed by atoms with Crippen LogP contribution in [0.2, 0.25) is 5.02 Å². The lowest BCUT2D eigenvalue weighted by Crippen LogP contribution is -3.13. The Bertz CT molecular complexity index is 707. The Morgan fingerprint density at radius 2 is 1.96 bits per heavy atom. The van der Waals surface area contributed by atoms with Gasteiger partial charge in [0.2, 0.25) is 0 Å². The van der Waals surface area contributed by atoms with Crippen LogP contribution in [0.15, 0.2) is 42.5 Å². The van der Waals surface area contributed by atoms with Gasteiger partial charge in [-0.15, -0.1) is 0 Å². The fourth-order valence-electron chi connectivity index (χ4n) is 2.38. The molecule has 2 rings (SSSR count). The predicted molar refractivity (Wildman–Crippen MR) is 98.0 cm³/mol. The van der Waals surface area contributed by atoms with Crippen molar-refractivity contribution in [2.75, 3.05) is 31.6 Å². The average Bonchev–Trinajstić information content (AvgIpc) is 2.59. The molecule has 0 heterocycles. The van der Waals surface area contributed by atoms with Crippen LogP contribution in [0.25, 0.3) is 0 Å². The van der Waals surface area contributed by atoms with E-state index in [2.05, 4.69) is 5.32 Å². The fourth-order valence-corrected chi connectivity index (χ4v) is 2.56. The van der Waals surface area contributed by atoms with Gasteiger partial charge < -0.3 is 15.0 Å². The van der Waals surface area contributed by atoms with Crippen molar-refractivity contribution in [1.29, 1.82) is 0 Å². The molecule has 25 heavy (non-hydrogen) atoms. The first-order chi connectivity index (χ1) is 12.0. The second-order valence-corrected chi connectivity index (χ2v) is 6.28. The molecule has 2 aromatic carbocycles. The molecular formula is C19H23ClFN2O2+. The third kappa shape index (κ3) is 6.36. The number of likely N-dealkylation sites (N-methyl/N-ethyl adjacent to an activating group) is 1. The van der Waals surface area contributed by atoms with Crippen molar-refractivity contribution in [3.8, 4) is 5.75 Å². The number of amides is 1. The molecule has 0 aliphatic heterocycles. The number of nitrogens with one attached hydrogen (secondary N) is 2. The van der Waals surface area contributed by atoms with Crippen molar-refractivity contribution < 1.29 is 18.8 Å². The Hall–Kier alpha value is -2.11. The van der Waals surface area contributed by atoms with Crippen LogP contribution >= 0.6 is 11.6 Å². The van der Waals surface area contributed by atoms with Gasteiger partial charge in [0.25, 0.3) is 5.91 Å². The number of carbonyl (C=O) groups excluding carboxylic acids is 1. The monoisotopic (exact) mass is 365 g/mol. The van der Waals surface area contributed by atoms with Crippen molar-refractivity contribution in [1.82, 2.24) is 0 Å². The zero-order valence-corrected chi connectivity index (χ0v) is 15.2. The van der Waals surface area contributed by atoms with E-state index >= 15 is 0 Å². The molecule has 0 bridgehead atoms. The van der Waals surface area contributed by atoms with E-state index < -0.39 is 0 Å². The maximum absolute atomic E-state index is 12.9. The van der Waals surface area contributed by atoms with Crippen LogP contribution in [0.4, 0.5) is 10.1 Å². The summed E-state index contributed by atoms with van der Waals surface area (Å²) in [6.45, 7) is 6.22. The van der Waals surface area contributed by atoms with Gasteiger partial charge in [0.1, 0.15) is 24.7 Å². The maximum Gasteiger partial charge on any atom is 0.279 e. The van der Waals surface area contributed by atoms with Gasteiger partial charge in [-0.1, -0.05) is 17.7 Å². The maximum atomic E-state index is 12.9. The summed E-state index contributed by atoms with van der Waals surface area (Å²) in [5.41, 5.74) is 1.70. The summed E-state index contributed by atoms with van der Waals surface area (Å²) in [5, 5.41) is 3.49. The zero-order chi connectivity index (χ0) is 18.2. The van der Waals surface area contributed by atoms with Crippen LogP contribution < -0.4 is 15.0 Å². The number of aryl methyl sites for hydroxylation is 1. The minimum absolute atomic E-state index is 0.0657. The molecule has 0 saturated heterocycles. The van der Waals surface area contributed by atoms with E-state index in [9.17, 15) is 9.18 Å². The summed E-state index contributed by atoms with van der Waals surface area (Å²) < 4.78 is 18.4. The molecule has 134 valence electrons. The number of rotatable bonds is 8. The second-order valence-electron chi connectivity index (χ2n) is 5.84. The molecular weight excluding hydrogens is 343 g/mol. The van der Waals surface area contributed by atoms with Gasteiger partial charge in [-0.2, -0.15) is 0 Å². The van der Waals surface area contributed by atoms with Crippen LogP contribution in [0.3, 0.4) is 0 Å². The zero-order valence-electron chi connectivity index (χ0n) is 14.4. The van der Waals surface area contributed by atoms with Crippen molar-refractivity contribution in [3.05, 3.63) is 58.9 Å². The molecule has 2 aromatic rings. The Morgan fingerprint density at radius 3 is 2.64 bits per heavy atom. The minimum Gasteiger partial charge on any atom is -0.488 e. The van der Waals surface area contributed by atoms with E-state index in [4.69, 9.17) is 16.3 Å². The summed E-state index contributed by atoms with van der Waals surface area (Å²) in [5.74, 6) is 0.265. The van der Waals surface area contributed by atoms with Gasteiger partial charge in [0, 0.05) is 10.7 Å². The van der Waals surface area contributed by atoms with E-state index in [-0.39, 0.29) is 11.7 Å². The highest BCUT2D eigenvalue weighted by atomic mass is 35.5. The van der Waals surface area contributed by atoms with Gasteiger partial charge in [-0.3, -0.25) is 4.79 Å². The number of carbonyl (C=O) groups is 1. The second kappa shape index (κ2) is 9.39. The quantitative estimate of drug-likeness (QED) is 0.755. The molecule has 4 nitrogen and oxygen atoms in total. The Balaban J connectivity index is 1.81. The van der Waals surface area contributed by atoms with Gasteiger partial charge >= 0.3 is 0 Å². The normalized spacial score (nSPS) is 11.8. The molecule has 0 aliphatic carbocycles. The number of hydrogen-bond donors (Lipinski definition) is 2. The van der Waals surface area contributed by atoms with Crippen LogP contribution in [-0.4, -0.2) is 32.1 Å². The van der Waals surface area contributed by atoms with Crippen LogP contribution in [0.5, 0.6) is 5.75 Å². The molecule has 0 saturated carbocycles. The lowest BCUT2D eigenvalue weighted by molar-refractivity contribution is -0.889. The first-order valence-corrected chi connectivity index (χ1v) is 8.63. The topological polar surface area (TPSA) is 42.8 Å². The van der Waals surface area contributed by atoms with Gasteiger partial charge in [0.05, 0.1) is 6.54 Å². The third-order valence-electron chi connectivity index (χ3n) is 3.92. The highest BCUT2D eigenvalue weighted by Crippen LogP contribution is 2.19. The summed E-state index contributed by atoms with van der Waals surface area (Å²) in [7, 11) is 0. The van der Waals surface area contributed by atoms with Crippen molar-refractivity contribution >= 4 is 23.2 Å². The summed E-state index contributed by atoms with van der Waals surface area (Å²) in [6.07, 6.45) is 0. The smallest absolute Gasteiger partial charge is 0.279 e. The Kier molecular flexibility index (Phi) is 7.22. The number of anilines is 1. The van der Waals surface area contributed by atoms with E-state index in [1.165, 1.54) is 12.1 Å². The number of halogens is 2. The number of ether oxygens (including phenoxy) is 1. The highest BCUT2D eigenvalue weighted by Gasteiger charge is 2.14. The lowest BCUT2D eigenvalue weighted by Gasteiger charge is -2.18. The fraction of sp³-hybridized carbons (Fsp3) is 0.316. The van der Waals surface area contributed by atoms with Gasteiger partial charge in [0.15, 0.2) is 6.54 Å². The molecule has 6 heteroatoms. The largest absolute Gasteiger partial charge is 0.488 e. The molecule has 0 radical (unpaired) electrons. The van der Waals surface area contributed by atoms with Crippen LogP contribution in [-0.2, 0) is 4.79 Å². The first kappa shape index (κ1) is 19.2. The van der Waals surface area contributed by atoms with Crippen molar-refractivity contribution in [2.24, 2.45) is 0 Å². The Labute approximate surface area is 152 Å². The van der Waals surface area contributed by atoms with E-state index in [1.54, 1.807) is 24.3 Å². The lowest BCUT2D eigenvalue weighted by atomic mass is 10.2. The molecule has 0 spiro atoms. The molecule has 1 amide bonds. The SMILES string of the molecule is CC[NH+](CCOc1ccc(F)cc1)CC(=O)Nc1cc(Cl)ccc1C. The number of hydrogen-bond acceptors (Lipinski definition) is 2. The molecule has 2 N–H and O–H groups in total. The van der Waals surface area contributed by atoms with Crippen LogP contribution in [0.1, 0.15) is 12.5 Å². The number of quaternary nitrogens is 1. The highest BCUT2D eigenvalue weighted by molar-refractivity contribution is 6.31. The molecule has 0 aliphatic rings. The average molecular weight is 366 g/mol. The molecule has 1 unspecified atom stereocenters. The molecule has 0 aromatic heterocycles. The summed E-state index contributed by atoms with van der Waals surface area (Å²) in [6, 6.07) is 11.3. The van der Waals surface area contributed by atoms with Gasteiger partial charge in [-0.25, -0.2) is 4.39 Å². The van der Waals surface area contributed by atoms with E-state index in [0.29, 0.717) is 30.5 Å². The molecule has 1 atom stereocenters. The molecule has 0 fully saturated rings. The van der Waals surface area contributed by atoms with Gasteiger partial charge in [-0.05, 0) is 55.8 Å². The predicted octanol–water partition coefficient (Wildman–Crippen LogP) is 2.71. The standard InChI is InChI=1S/C19H22ClFN2O2/c1-3-23(10-11-25-17-8-6-16(21)7-9-17)13-19(24)22-18-12-15(20)5-4-14(18)2/h4-9,12H,3,10-11,13H2,1-2H3,(H,22,24)/p+1. The van der Waals surface area contributed by atoms with Crippen molar-refractivity contribution in [2.45, 2.75) is 13.8 Å². The van der Waals surface area contributed by atoms with Crippen molar-refractivity contribution in [3.63, 3.8) is 0 Å². The Morgan fingerprint density at radius 1 is 1.24 bits per heavy atom. The summed E-state index contributed by atoms with van der Waals surface area (Å²) in [4.78, 5) is 13.4. The van der Waals surface area contributed by atoms with E-state index in [1.807, 2.05) is 19.9 Å². The van der Waals surface area contributed by atoms with E-state index in [0.717, 1.165) is 22.7 Å².